The Morgan fingerprint density at radius 2 is 2.27 bits per heavy atom. The first kappa shape index (κ1) is 9.71. The molecule has 1 heterocycles. The van der Waals surface area contributed by atoms with Gasteiger partial charge in [0, 0.05) is 12.1 Å². The van der Waals surface area contributed by atoms with Crippen LogP contribution in [-0.4, -0.2) is 17.0 Å². The standard InChI is InChI=1S/C11H11NO3/c1-6-4-10(13)12-9-3-2-7(11(14)15)5-8(6)9/h2-3,5-6H,4H2,1H3,(H,12,13)(H,14,15). The van der Waals surface area contributed by atoms with Crippen LogP contribution >= 0.6 is 0 Å². The highest BCUT2D eigenvalue weighted by atomic mass is 16.4. The van der Waals surface area contributed by atoms with Crippen molar-refractivity contribution in [3.05, 3.63) is 29.3 Å². The van der Waals surface area contributed by atoms with Gasteiger partial charge >= 0.3 is 5.97 Å². The van der Waals surface area contributed by atoms with Gasteiger partial charge in [-0.3, -0.25) is 4.79 Å². The maximum atomic E-state index is 11.2. The average molecular weight is 205 g/mol. The van der Waals surface area contributed by atoms with E-state index in [1.165, 1.54) is 6.07 Å². The molecule has 0 saturated carbocycles. The molecule has 4 nitrogen and oxygen atoms in total. The van der Waals surface area contributed by atoms with Gasteiger partial charge in [0.15, 0.2) is 0 Å². The van der Waals surface area contributed by atoms with E-state index in [1.54, 1.807) is 12.1 Å². The highest BCUT2D eigenvalue weighted by Crippen LogP contribution is 2.32. The van der Waals surface area contributed by atoms with Gasteiger partial charge in [-0.2, -0.15) is 0 Å². The first-order valence-electron chi connectivity index (χ1n) is 4.75. The van der Waals surface area contributed by atoms with Gasteiger partial charge in [0.25, 0.3) is 0 Å². The Hall–Kier alpha value is -1.84. The minimum atomic E-state index is -0.943. The summed E-state index contributed by atoms with van der Waals surface area (Å²) in [4.78, 5) is 22.0. The predicted molar refractivity (Wildman–Crippen MR) is 55.1 cm³/mol. The smallest absolute Gasteiger partial charge is 0.335 e. The van der Waals surface area contributed by atoms with Gasteiger partial charge in [0.05, 0.1) is 5.56 Å². The fraction of sp³-hybridized carbons (Fsp3) is 0.273. The summed E-state index contributed by atoms with van der Waals surface area (Å²) in [5.74, 6) is -0.881. The largest absolute Gasteiger partial charge is 0.478 e. The van der Waals surface area contributed by atoms with Gasteiger partial charge in [0.2, 0.25) is 5.91 Å². The highest BCUT2D eigenvalue weighted by Gasteiger charge is 2.22. The maximum Gasteiger partial charge on any atom is 0.335 e. The van der Waals surface area contributed by atoms with Crippen LogP contribution in [0.2, 0.25) is 0 Å². The number of hydrogen-bond donors (Lipinski definition) is 2. The van der Waals surface area contributed by atoms with Crippen LogP contribution in [0.5, 0.6) is 0 Å². The summed E-state index contributed by atoms with van der Waals surface area (Å²) in [7, 11) is 0. The number of hydrogen-bond acceptors (Lipinski definition) is 2. The van der Waals surface area contributed by atoms with Crippen molar-refractivity contribution in [3.8, 4) is 0 Å². The third-order valence-corrected chi connectivity index (χ3v) is 2.60. The van der Waals surface area contributed by atoms with Gasteiger partial charge in [-0.25, -0.2) is 4.79 Å². The molecule has 1 amide bonds. The summed E-state index contributed by atoms with van der Waals surface area (Å²) < 4.78 is 0. The molecule has 2 rings (SSSR count). The molecule has 1 atom stereocenters. The van der Waals surface area contributed by atoms with Crippen LogP contribution in [0.1, 0.15) is 35.2 Å². The third kappa shape index (κ3) is 1.70. The number of carboxylic acid groups (broad SMARTS) is 1. The normalized spacial score (nSPS) is 19.3. The number of benzene rings is 1. The minimum Gasteiger partial charge on any atom is -0.478 e. The van der Waals surface area contributed by atoms with E-state index in [-0.39, 0.29) is 17.4 Å². The monoisotopic (exact) mass is 205 g/mol. The van der Waals surface area contributed by atoms with Gasteiger partial charge in [-0.15, -0.1) is 0 Å². The molecule has 0 aliphatic carbocycles. The average Bonchev–Trinajstić information content (AvgIpc) is 2.16. The Morgan fingerprint density at radius 3 is 2.93 bits per heavy atom. The van der Waals surface area contributed by atoms with Gasteiger partial charge in [-0.1, -0.05) is 6.92 Å². The molecule has 2 N–H and O–H groups in total. The van der Waals surface area contributed by atoms with E-state index in [0.29, 0.717) is 6.42 Å². The van der Waals surface area contributed by atoms with Crippen LogP contribution in [-0.2, 0) is 4.79 Å². The number of carbonyl (C=O) groups excluding carboxylic acids is 1. The number of amides is 1. The zero-order chi connectivity index (χ0) is 11.0. The lowest BCUT2D eigenvalue weighted by Gasteiger charge is -2.22. The topological polar surface area (TPSA) is 66.4 Å². The molecule has 1 aliphatic heterocycles. The summed E-state index contributed by atoms with van der Waals surface area (Å²) in [5.41, 5.74) is 1.88. The van der Waals surface area contributed by atoms with E-state index in [0.717, 1.165) is 11.3 Å². The lowest BCUT2D eigenvalue weighted by atomic mass is 9.91. The maximum absolute atomic E-state index is 11.2. The fourth-order valence-electron chi connectivity index (χ4n) is 1.81. The molecule has 1 aromatic rings. The summed E-state index contributed by atoms with van der Waals surface area (Å²) in [6, 6.07) is 4.77. The molecular weight excluding hydrogens is 194 g/mol. The molecular formula is C11H11NO3. The van der Waals surface area contributed by atoms with E-state index in [2.05, 4.69) is 5.32 Å². The minimum absolute atomic E-state index is 0.0157. The Kier molecular flexibility index (Phi) is 2.19. The quantitative estimate of drug-likeness (QED) is 0.735. The molecule has 0 radical (unpaired) electrons. The molecule has 0 fully saturated rings. The zero-order valence-corrected chi connectivity index (χ0v) is 8.28. The summed E-state index contributed by atoms with van der Waals surface area (Å²) in [6.07, 6.45) is 0.413. The van der Waals surface area contributed by atoms with Crippen LogP contribution in [0, 0.1) is 0 Å². The number of carbonyl (C=O) groups is 2. The number of nitrogens with one attached hydrogen (secondary N) is 1. The van der Waals surface area contributed by atoms with Crippen LogP contribution in [0.15, 0.2) is 18.2 Å². The van der Waals surface area contributed by atoms with Gasteiger partial charge in [0.1, 0.15) is 0 Å². The van der Waals surface area contributed by atoms with Crippen LogP contribution in [0.4, 0.5) is 5.69 Å². The number of anilines is 1. The van der Waals surface area contributed by atoms with Crippen molar-refractivity contribution in [2.75, 3.05) is 5.32 Å². The lowest BCUT2D eigenvalue weighted by molar-refractivity contribution is -0.116. The first-order valence-corrected chi connectivity index (χ1v) is 4.75. The number of carboxylic acids is 1. The molecule has 1 aromatic carbocycles. The SMILES string of the molecule is CC1CC(=O)Nc2ccc(C(=O)O)cc21. The second-order valence-electron chi connectivity index (χ2n) is 3.76. The van der Waals surface area contributed by atoms with Crippen molar-refractivity contribution in [2.24, 2.45) is 0 Å². The van der Waals surface area contributed by atoms with Gasteiger partial charge < -0.3 is 10.4 Å². The molecule has 1 aliphatic rings. The van der Waals surface area contributed by atoms with Crippen molar-refractivity contribution in [2.45, 2.75) is 19.3 Å². The third-order valence-electron chi connectivity index (χ3n) is 2.60. The van der Waals surface area contributed by atoms with E-state index in [4.69, 9.17) is 5.11 Å². The van der Waals surface area contributed by atoms with Crippen LogP contribution in [0.25, 0.3) is 0 Å². The zero-order valence-electron chi connectivity index (χ0n) is 8.28. The fourth-order valence-corrected chi connectivity index (χ4v) is 1.81. The Bertz CT molecular complexity index is 439. The molecule has 0 spiro atoms. The van der Waals surface area contributed by atoms with Crippen LogP contribution < -0.4 is 5.32 Å². The number of rotatable bonds is 1. The highest BCUT2D eigenvalue weighted by molar-refractivity contribution is 5.96. The van der Waals surface area contributed by atoms with Crippen molar-refractivity contribution < 1.29 is 14.7 Å². The van der Waals surface area contributed by atoms with Gasteiger partial charge in [-0.05, 0) is 29.7 Å². The number of aromatic carboxylic acids is 1. The van der Waals surface area contributed by atoms with Crippen molar-refractivity contribution in [1.29, 1.82) is 0 Å². The Morgan fingerprint density at radius 1 is 1.53 bits per heavy atom. The van der Waals surface area contributed by atoms with Crippen molar-refractivity contribution in [3.63, 3.8) is 0 Å². The predicted octanol–water partition coefficient (Wildman–Crippen LogP) is 1.83. The van der Waals surface area contributed by atoms with E-state index in [1.807, 2.05) is 6.92 Å². The summed E-state index contributed by atoms with van der Waals surface area (Å²) in [6.45, 7) is 1.92. The van der Waals surface area contributed by atoms with E-state index in [9.17, 15) is 9.59 Å². The molecule has 4 heteroatoms. The Labute approximate surface area is 86.9 Å². The molecule has 0 aromatic heterocycles. The Balaban J connectivity index is 2.48. The second-order valence-corrected chi connectivity index (χ2v) is 3.76. The second kappa shape index (κ2) is 3.38. The summed E-state index contributed by atoms with van der Waals surface area (Å²) >= 11 is 0. The van der Waals surface area contributed by atoms with Crippen molar-refractivity contribution >= 4 is 17.6 Å². The molecule has 78 valence electrons. The molecule has 15 heavy (non-hydrogen) atoms. The number of fused-ring (bicyclic) bond motifs is 1. The van der Waals surface area contributed by atoms with Crippen molar-refractivity contribution in [1.82, 2.24) is 0 Å². The molecule has 0 saturated heterocycles. The van der Waals surface area contributed by atoms with E-state index < -0.39 is 5.97 Å². The first-order chi connectivity index (χ1) is 7.08. The van der Waals surface area contributed by atoms with E-state index >= 15 is 0 Å². The molecule has 0 bridgehead atoms. The molecule has 1 unspecified atom stereocenters. The van der Waals surface area contributed by atoms with Crippen LogP contribution in [0.3, 0.4) is 0 Å². The summed E-state index contributed by atoms with van der Waals surface area (Å²) in [5, 5.41) is 11.6. The lowest BCUT2D eigenvalue weighted by Crippen LogP contribution is -2.21.